The van der Waals surface area contributed by atoms with Crippen molar-refractivity contribution in [2.75, 3.05) is 24.4 Å². The summed E-state index contributed by atoms with van der Waals surface area (Å²) >= 11 is 5.17. The largest absolute Gasteiger partial charge is 0.497 e. The summed E-state index contributed by atoms with van der Waals surface area (Å²) in [6.45, 7) is 1.50. The van der Waals surface area contributed by atoms with Gasteiger partial charge in [0.05, 0.1) is 13.5 Å². The molecule has 0 atom stereocenters. The Morgan fingerprint density at radius 3 is 2.23 bits per heavy atom. The molecule has 0 bridgehead atoms. The highest BCUT2D eigenvalue weighted by molar-refractivity contribution is 7.80. The molecule has 0 unspecified atom stereocenters. The first kappa shape index (κ1) is 19.4. The predicted molar refractivity (Wildman–Crippen MR) is 107 cm³/mol. The molecular formula is C19H21N3O3S. The minimum Gasteiger partial charge on any atom is -0.497 e. The first-order chi connectivity index (χ1) is 12.4. The summed E-state index contributed by atoms with van der Waals surface area (Å²) in [6, 6.07) is 14.4. The van der Waals surface area contributed by atoms with Gasteiger partial charge in [-0.3, -0.25) is 9.59 Å². The van der Waals surface area contributed by atoms with Crippen LogP contribution in [0.4, 0.5) is 11.4 Å². The van der Waals surface area contributed by atoms with Gasteiger partial charge in [0.2, 0.25) is 11.8 Å². The quantitative estimate of drug-likeness (QED) is 0.791. The zero-order valence-electron chi connectivity index (χ0n) is 14.9. The molecule has 0 aliphatic rings. The smallest absolute Gasteiger partial charge is 0.230 e. The number of methoxy groups -OCH3 is 1. The number of rotatable bonds is 5. The summed E-state index contributed by atoms with van der Waals surface area (Å²) in [5.41, 5.74) is 2.36. The number of hydrogen-bond acceptors (Lipinski definition) is 4. The molecule has 0 heterocycles. The van der Waals surface area contributed by atoms with E-state index in [-0.39, 0.29) is 23.3 Å². The van der Waals surface area contributed by atoms with Gasteiger partial charge in [0, 0.05) is 25.3 Å². The lowest BCUT2D eigenvalue weighted by atomic mass is 10.1. The average Bonchev–Trinajstić information content (AvgIpc) is 2.62. The van der Waals surface area contributed by atoms with Crippen LogP contribution in [-0.4, -0.2) is 31.1 Å². The maximum atomic E-state index is 12.1. The van der Waals surface area contributed by atoms with Crippen LogP contribution < -0.4 is 20.3 Å². The molecule has 0 spiro atoms. The van der Waals surface area contributed by atoms with E-state index in [1.54, 1.807) is 55.5 Å². The molecule has 2 rings (SSSR count). The molecule has 0 fully saturated rings. The summed E-state index contributed by atoms with van der Waals surface area (Å²) in [7, 11) is 3.30. The normalized spacial score (nSPS) is 9.96. The van der Waals surface area contributed by atoms with Gasteiger partial charge in [-0.25, -0.2) is 0 Å². The molecule has 2 aromatic rings. The lowest BCUT2D eigenvalue weighted by Gasteiger charge is -2.16. The first-order valence-corrected chi connectivity index (χ1v) is 8.38. The maximum Gasteiger partial charge on any atom is 0.230 e. The van der Waals surface area contributed by atoms with Crippen molar-refractivity contribution in [2.24, 2.45) is 0 Å². The summed E-state index contributed by atoms with van der Waals surface area (Å²) in [5.74, 6) is 0.484. The van der Waals surface area contributed by atoms with Gasteiger partial charge < -0.3 is 20.3 Å². The van der Waals surface area contributed by atoms with Crippen LogP contribution in [0.2, 0.25) is 0 Å². The third-order valence-electron chi connectivity index (χ3n) is 3.76. The van der Waals surface area contributed by atoms with Gasteiger partial charge in [-0.2, -0.15) is 0 Å². The number of anilines is 2. The SMILES string of the molecule is COc1ccc(CC(=O)NC(=S)Nc2ccc(N(C)C(C)=O)cc2)cc1. The van der Waals surface area contributed by atoms with Gasteiger partial charge in [0.1, 0.15) is 5.75 Å². The van der Waals surface area contributed by atoms with Crippen LogP contribution in [0.25, 0.3) is 0 Å². The fourth-order valence-corrected chi connectivity index (χ4v) is 2.44. The van der Waals surface area contributed by atoms with Crippen LogP contribution in [0.5, 0.6) is 5.75 Å². The van der Waals surface area contributed by atoms with Crippen molar-refractivity contribution in [3.63, 3.8) is 0 Å². The number of carbonyl (C=O) groups is 2. The Kier molecular flexibility index (Phi) is 6.68. The zero-order valence-corrected chi connectivity index (χ0v) is 15.7. The molecule has 2 N–H and O–H groups in total. The molecule has 2 amide bonds. The van der Waals surface area contributed by atoms with Crippen LogP contribution in [0.15, 0.2) is 48.5 Å². The monoisotopic (exact) mass is 371 g/mol. The third-order valence-corrected chi connectivity index (χ3v) is 3.97. The Labute approximate surface area is 158 Å². The topological polar surface area (TPSA) is 70.7 Å². The van der Waals surface area contributed by atoms with Crippen LogP contribution in [0, 0.1) is 0 Å². The predicted octanol–water partition coefficient (Wildman–Crippen LogP) is 2.73. The molecular weight excluding hydrogens is 350 g/mol. The lowest BCUT2D eigenvalue weighted by Crippen LogP contribution is -2.35. The number of thiocarbonyl (C=S) groups is 1. The van der Waals surface area contributed by atoms with Crippen molar-refractivity contribution >= 4 is 40.5 Å². The lowest BCUT2D eigenvalue weighted by molar-refractivity contribution is -0.119. The summed E-state index contributed by atoms with van der Waals surface area (Å²) < 4.78 is 5.09. The second kappa shape index (κ2) is 8.96. The summed E-state index contributed by atoms with van der Waals surface area (Å²) in [4.78, 5) is 25.0. The van der Waals surface area contributed by atoms with E-state index in [9.17, 15) is 9.59 Å². The Morgan fingerprint density at radius 1 is 1.08 bits per heavy atom. The minimum atomic E-state index is -0.208. The van der Waals surface area contributed by atoms with Crippen molar-refractivity contribution in [3.05, 3.63) is 54.1 Å². The number of carbonyl (C=O) groups excluding carboxylic acids is 2. The Morgan fingerprint density at radius 2 is 1.69 bits per heavy atom. The Balaban J connectivity index is 1.87. The van der Waals surface area contributed by atoms with Crippen molar-refractivity contribution in [1.29, 1.82) is 0 Å². The number of benzene rings is 2. The van der Waals surface area contributed by atoms with E-state index < -0.39 is 0 Å². The molecule has 0 aliphatic heterocycles. The summed E-state index contributed by atoms with van der Waals surface area (Å²) in [6.07, 6.45) is 0.216. The van der Waals surface area contributed by atoms with Crippen LogP contribution in [0.3, 0.4) is 0 Å². The van der Waals surface area contributed by atoms with E-state index in [0.717, 1.165) is 22.7 Å². The van der Waals surface area contributed by atoms with Crippen LogP contribution >= 0.6 is 12.2 Å². The second-order valence-electron chi connectivity index (χ2n) is 5.65. The second-order valence-corrected chi connectivity index (χ2v) is 6.06. The van der Waals surface area contributed by atoms with Gasteiger partial charge in [0.15, 0.2) is 5.11 Å². The van der Waals surface area contributed by atoms with Crippen molar-refractivity contribution < 1.29 is 14.3 Å². The van der Waals surface area contributed by atoms with Gasteiger partial charge in [-0.1, -0.05) is 12.1 Å². The number of ether oxygens (including phenoxy) is 1. The molecule has 136 valence electrons. The van der Waals surface area contributed by atoms with Gasteiger partial charge >= 0.3 is 0 Å². The number of nitrogens with one attached hydrogen (secondary N) is 2. The fourth-order valence-electron chi connectivity index (χ4n) is 2.21. The van der Waals surface area contributed by atoms with E-state index in [0.29, 0.717) is 0 Å². The van der Waals surface area contributed by atoms with E-state index in [1.165, 1.54) is 6.92 Å². The van der Waals surface area contributed by atoms with Crippen LogP contribution in [0.1, 0.15) is 12.5 Å². The zero-order chi connectivity index (χ0) is 19.1. The molecule has 7 heteroatoms. The van der Waals surface area contributed by atoms with E-state index in [4.69, 9.17) is 17.0 Å². The average molecular weight is 371 g/mol. The maximum absolute atomic E-state index is 12.1. The molecule has 2 aromatic carbocycles. The van der Waals surface area contributed by atoms with Gasteiger partial charge in [-0.15, -0.1) is 0 Å². The molecule has 0 radical (unpaired) electrons. The van der Waals surface area contributed by atoms with Crippen LogP contribution in [-0.2, 0) is 16.0 Å². The highest BCUT2D eigenvalue weighted by atomic mass is 32.1. The summed E-state index contributed by atoms with van der Waals surface area (Å²) in [5, 5.41) is 5.81. The molecule has 0 saturated heterocycles. The molecule has 26 heavy (non-hydrogen) atoms. The van der Waals surface area contributed by atoms with E-state index >= 15 is 0 Å². The van der Waals surface area contributed by atoms with Crippen molar-refractivity contribution in [1.82, 2.24) is 5.32 Å². The van der Waals surface area contributed by atoms with Gasteiger partial charge in [0.25, 0.3) is 0 Å². The highest BCUT2D eigenvalue weighted by Gasteiger charge is 2.08. The van der Waals surface area contributed by atoms with Crippen molar-refractivity contribution in [2.45, 2.75) is 13.3 Å². The molecule has 0 aliphatic carbocycles. The number of amides is 2. The Bertz CT molecular complexity index is 789. The third kappa shape index (κ3) is 5.56. The molecule has 0 saturated carbocycles. The fraction of sp³-hybridized carbons (Fsp3) is 0.211. The Hall–Kier alpha value is -2.93. The minimum absolute atomic E-state index is 0.0491. The number of hydrogen-bond donors (Lipinski definition) is 2. The highest BCUT2D eigenvalue weighted by Crippen LogP contribution is 2.17. The molecule has 6 nitrogen and oxygen atoms in total. The molecule has 0 aromatic heterocycles. The van der Waals surface area contributed by atoms with E-state index in [2.05, 4.69) is 10.6 Å². The van der Waals surface area contributed by atoms with Gasteiger partial charge in [-0.05, 0) is 54.2 Å². The standard InChI is InChI=1S/C19H21N3O3S/c1-13(23)22(2)16-8-6-15(7-9-16)20-19(26)21-18(24)12-14-4-10-17(25-3)11-5-14/h4-11H,12H2,1-3H3,(H2,20,21,24,26). The van der Waals surface area contributed by atoms with Crippen molar-refractivity contribution in [3.8, 4) is 5.75 Å². The first-order valence-electron chi connectivity index (χ1n) is 7.97. The van der Waals surface area contributed by atoms with E-state index in [1.807, 2.05) is 12.1 Å². The number of nitrogens with zero attached hydrogens (tertiary/aromatic N) is 1.